The second-order valence-electron chi connectivity index (χ2n) is 3.61. The third-order valence-electron chi connectivity index (χ3n) is 2.40. The van der Waals surface area contributed by atoms with E-state index in [1.807, 2.05) is 0 Å². The lowest BCUT2D eigenvalue weighted by atomic mass is 10.2. The summed E-state index contributed by atoms with van der Waals surface area (Å²) in [6.45, 7) is 0. The summed E-state index contributed by atoms with van der Waals surface area (Å²) in [7, 11) is 0. The van der Waals surface area contributed by atoms with E-state index in [1.165, 1.54) is 0 Å². The highest BCUT2D eigenvalue weighted by atomic mass is 79.9. The van der Waals surface area contributed by atoms with Crippen LogP contribution in [0, 0.1) is 0 Å². The molecule has 19 heavy (non-hydrogen) atoms. The number of nitrogens with zero attached hydrogens (tertiary/aromatic N) is 2. The number of hydrogen-bond acceptors (Lipinski definition) is 1. The summed E-state index contributed by atoms with van der Waals surface area (Å²) >= 11 is 14.7. The molecular weight excluding hydrogens is 368 g/mol. The smallest absolute Gasteiger partial charge is 0.220 e. The summed E-state index contributed by atoms with van der Waals surface area (Å²) in [5.41, 5.74) is -0.885. The zero-order valence-electron chi connectivity index (χ0n) is 9.18. The summed E-state index contributed by atoms with van der Waals surface area (Å²) in [6, 6.07) is 6.69. The van der Waals surface area contributed by atoms with Gasteiger partial charge in [-0.15, -0.1) is 11.6 Å². The molecule has 1 heterocycles. The van der Waals surface area contributed by atoms with Crippen LogP contribution in [0.3, 0.4) is 0 Å². The average Bonchev–Trinajstić information content (AvgIpc) is 2.67. The Kier molecular flexibility index (Phi) is 4.13. The van der Waals surface area contributed by atoms with Gasteiger partial charge in [0.1, 0.15) is 5.15 Å². The van der Waals surface area contributed by atoms with E-state index in [9.17, 15) is 13.2 Å². The van der Waals surface area contributed by atoms with Gasteiger partial charge in [0.05, 0.1) is 11.6 Å². The zero-order valence-corrected chi connectivity index (χ0v) is 12.3. The van der Waals surface area contributed by atoms with E-state index in [0.29, 0.717) is 10.2 Å². The van der Waals surface area contributed by atoms with Crippen molar-refractivity contribution in [3.05, 3.63) is 45.1 Å². The third kappa shape index (κ3) is 2.75. The number of aromatic nitrogens is 2. The first-order valence-corrected chi connectivity index (χ1v) is 6.72. The van der Waals surface area contributed by atoms with E-state index in [0.717, 1.165) is 4.68 Å². The first kappa shape index (κ1) is 14.7. The van der Waals surface area contributed by atoms with Crippen molar-refractivity contribution in [1.82, 2.24) is 9.78 Å². The van der Waals surface area contributed by atoms with Crippen LogP contribution in [0.15, 0.2) is 28.7 Å². The van der Waals surface area contributed by atoms with Gasteiger partial charge >= 0.3 is 6.18 Å². The van der Waals surface area contributed by atoms with Gasteiger partial charge in [-0.3, -0.25) is 0 Å². The lowest BCUT2D eigenvalue weighted by molar-refractivity contribution is -0.141. The largest absolute Gasteiger partial charge is 0.435 e. The maximum Gasteiger partial charge on any atom is 0.435 e. The molecule has 0 bridgehead atoms. The van der Waals surface area contributed by atoms with E-state index < -0.39 is 11.9 Å². The lowest BCUT2D eigenvalue weighted by Crippen LogP contribution is -2.09. The minimum absolute atomic E-state index is 0.144. The van der Waals surface area contributed by atoms with E-state index in [2.05, 4.69) is 21.0 Å². The van der Waals surface area contributed by atoms with Crippen LogP contribution in [0.5, 0.6) is 0 Å². The fourth-order valence-electron chi connectivity index (χ4n) is 1.56. The normalized spacial score (nSPS) is 11.9. The van der Waals surface area contributed by atoms with E-state index in [4.69, 9.17) is 23.2 Å². The molecule has 102 valence electrons. The van der Waals surface area contributed by atoms with E-state index in [1.54, 1.807) is 24.3 Å². The van der Waals surface area contributed by atoms with Gasteiger partial charge in [0.25, 0.3) is 0 Å². The number of alkyl halides is 4. The highest BCUT2D eigenvalue weighted by molar-refractivity contribution is 9.10. The quantitative estimate of drug-likeness (QED) is 0.674. The van der Waals surface area contributed by atoms with Crippen molar-refractivity contribution in [3.8, 4) is 5.69 Å². The molecule has 2 nitrogen and oxygen atoms in total. The molecule has 0 N–H and O–H groups in total. The van der Waals surface area contributed by atoms with Crippen molar-refractivity contribution in [1.29, 1.82) is 0 Å². The molecule has 0 aliphatic rings. The molecular formula is C11H6BrCl2F3N2. The monoisotopic (exact) mass is 372 g/mol. The molecule has 0 unspecified atom stereocenters. The Labute approximate surface area is 125 Å². The average molecular weight is 374 g/mol. The van der Waals surface area contributed by atoms with Crippen LogP contribution in [0.2, 0.25) is 5.15 Å². The van der Waals surface area contributed by atoms with Gasteiger partial charge in [0.2, 0.25) is 0 Å². The van der Waals surface area contributed by atoms with Gasteiger partial charge in [-0.05, 0) is 28.1 Å². The Hall–Kier alpha value is -0.720. The standard InChI is InChI=1S/C11H6BrCl2F3N2/c12-7-3-1-2-4-8(7)19-10(14)6(5-13)9(18-19)11(15,16)17/h1-4H,5H2. The summed E-state index contributed by atoms with van der Waals surface area (Å²) in [5, 5.41) is 3.38. The molecule has 1 aromatic heterocycles. The topological polar surface area (TPSA) is 17.8 Å². The van der Waals surface area contributed by atoms with Crippen molar-refractivity contribution in [2.24, 2.45) is 0 Å². The maximum absolute atomic E-state index is 12.8. The van der Waals surface area contributed by atoms with Crippen LogP contribution >= 0.6 is 39.1 Å². The van der Waals surface area contributed by atoms with Gasteiger partial charge in [-0.25, -0.2) is 4.68 Å². The van der Waals surface area contributed by atoms with Crippen LogP contribution < -0.4 is 0 Å². The van der Waals surface area contributed by atoms with Crippen molar-refractivity contribution in [2.45, 2.75) is 12.1 Å². The molecule has 2 aromatic rings. The molecule has 1 aromatic carbocycles. The SMILES string of the molecule is FC(F)(F)c1nn(-c2ccccc2Br)c(Cl)c1CCl. The molecule has 8 heteroatoms. The molecule has 0 aliphatic carbocycles. The maximum atomic E-state index is 12.8. The number of halogens is 6. The van der Waals surface area contributed by atoms with Gasteiger partial charge < -0.3 is 0 Å². The number of benzene rings is 1. The molecule has 0 amide bonds. The minimum Gasteiger partial charge on any atom is -0.220 e. The molecule has 0 atom stereocenters. The summed E-state index contributed by atoms with van der Waals surface area (Å²) in [4.78, 5) is 0. The lowest BCUT2D eigenvalue weighted by Gasteiger charge is -2.05. The molecule has 0 saturated carbocycles. The van der Waals surface area contributed by atoms with Crippen LogP contribution in [-0.4, -0.2) is 9.78 Å². The van der Waals surface area contributed by atoms with Crippen LogP contribution in [0.1, 0.15) is 11.3 Å². The van der Waals surface area contributed by atoms with Gasteiger partial charge in [0.15, 0.2) is 5.69 Å². The molecule has 0 fully saturated rings. The fraction of sp³-hybridized carbons (Fsp3) is 0.182. The number of rotatable bonds is 2. The van der Waals surface area contributed by atoms with Gasteiger partial charge in [-0.1, -0.05) is 23.7 Å². The van der Waals surface area contributed by atoms with Crippen molar-refractivity contribution < 1.29 is 13.2 Å². The predicted octanol–water partition coefficient (Wildman–Crippen LogP) is 5.05. The highest BCUT2D eigenvalue weighted by Gasteiger charge is 2.39. The molecule has 0 aliphatic heterocycles. The summed E-state index contributed by atoms with van der Waals surface area (Å²) in [5.74, 6) is -0.363. The van der Waals surface area contributed by atoms with Crippen LogP contribution in [0.4, 0.5) is 13.2 Å². The van der Waals surface area contributed by atoms with E-state index >= 15 is 0 Å². The van der Waals surface area contributed by atoms with Crippen LogP contribution in [0.25, 0.3) is 5.69 Å². The summed E-state index contributed by atoms with van der Waals surface area (Å²) < 4.78 is 40.1. The Morgan fingerprint density at radius 1 is 1.26 bits per heavy atom. The molecule has 0 saturated heterocycles. The Balaban J connectivity index is 2.67. The van der Waals surface area contributed by atoms with Crippen LogP contribution in [-0.2, 0) is 12.1 Å². The first-order chi connectivity index (χ1) is 8.86. The minimum atomic E-state index is -4.60. The van der Waals surface area contributed by atoms with E-state index in [-0.39, 0.29) is 16.6 Å². The zero-order chi connectivity index (χ0) is 14.2. The Morgan fingerprint density at radius 2 is 1.89 bits per heavy atom. The van der Waals surface area contributed by atoms with Crippen molar-refractivity contribution in [3.63, 3.8) is 0 Å². The Bertz CT molecular complexity index is 610. The number of hydrogen-bond donors (Lipinski definition) is 0. The Morgan fingerprint density at radius 3 is 2.37 bits per heavy atom. The van der Waals surface area contributed by atoms with Crippen molar-refractivity contribution >= 4 is 39.1 Å². The molecule has 2 rings (SSSR count). The summed E-state index contributed by atoms with van der Waals surface area (Å²) in [6.07, 6.45) is -4.60. The number of para-hydroxylation sites is 1. The predicted molar refractivity (Wildman–Crippen MR) is 70.8 cm³/mol. The van der Waals surface area contributed by atoms with Gasteiger partial charge in [0, 0.05) is 10.0 Å². The van der Waals surface area contributed by atoms with Crippen molar-refractivity contribution in [2.75, 3.05) is 0 Å². The fourth-order valence-corrected chi connectivity index (χ4v) is 2.62. The molecule has 0 radical (unpaired) electrons. The first-order valence-electron chi connectivity index (χ1n) is 5.01. The molecule has 0 spiro atoms. The highest BCUT2D eigenvalue weighted by Crippen LogP contribution is 2.37. The second-order valence-corrected chi connectivity index (χ2v) is 5.09. The van der Waals surface area contributed by atoms with Gasteiger partial charge in [-0.2, -0.15) is 18.3 Å². The second kappa shape index (κ2) is 5.34. The third-order valence-corrected chi connectivity index (χ3v) is 3.73.